The van der Waals surface area contributed by atoms with Crippen molar-refractivity contribution in [1.82, 2.24) is 4.90 Å². The molecule has 0 aromatic heterocycles. The Balaban J connectivity index is 3.26. The highest BCUT2D eigenvalue weighted by molar-refractivity contribution is 5.85. The van der Waals surface area contributed by atoms with Crippen molar-refractivity contribution in [3.05, 3.63) is 33.9 Å². The van der Waals surface area contributed by atoms with Crippen molar-refractivity contribution in [2.45, 2.75) is 54.9 Å². The van der Waals surface area contributed by atoms with E-state index in [0.717, 1.165) is 36.6 Å². The molecular formula is C20H33N3O2. The van der Waals surface area contributed by atoms with Gasteiger partial charge in [-0.25, -0.2) is 4.99 Å². The minimum atomic E-state index is -0.362. The number of non-ortho nitro benzene ring substituents is 1. The summed E-state index contributed by atoms with van der Waals surface area (Å²) >= 11 is 0. The summed E-state index contributed by atoms with van der Waals surface area (Å²) in [6.07, 6.45) is 0.899. The summed E-state index contributed by atoms with van der Waals surface area (Å²) in [6.45, 7) is 17.1. The molecular weight excluding hydrogens is 314 g/mol. The zero-order valence-electron chi connectivity index (χ0n) is 16.7. The van der Waals surface area contributed by atoms with Crippen molar-refractivity contribution in [3.8, 4) is 0 Å². The van der Waals surface area contributed by atoms with Gasteiger partial charge in [0.15, 0.2) is 0 Å². The van der Waals surface area contributed by atoms with Crippen LogP contribution in [0.4, 0.5) is 11.4 Å². The molecule has 0 spiro atoms. The summed E-state index contributed by atoms with van der Waals surface area (Å²) in [7, 11) is 0. The minimum absolute atomic E-state index is 0.114. The van der Waals surface area contributed by atoms with Crippen LogP contribution < -0.4 is 0 Å². The van der Waals surface area contributed by atoms with Crippen LogP contribution in [0.1, 0.15) is 53.5 Å². The smallest absolute Gasteiger partial charge is 0.269 e. The van der Waals surface area contributed by atoms with Crippen LogP contribution in [-0.2, 0) is 0 Å². The number of rotatable bonds is 8. The summed E-state index contributed by atoms with van der Waals surface area (Å²) in [6, 6.07) is 4.89. The fourth-order valence-corrected chi connectivity index (χ4v) is 2.80. The molecule has 0 fully saturated rings. The first-order valence-electron chi connectivity index (χ1n) is 9.17. The van der Waals surface area contributed by atoms with Crippen LogP contribution in [-0.4, -0.2) is 28.7 Å². The van der Waals surface area contributed by atoms with Gasteiger partial charge < -0.3 is 4.90 Å². The molecule has 0 saturated carbocycles. The molecule has 0 amide bonds. The monoisotopic (exact) mass is 347 g/mol. The normalized spacial score (nSPS) is 12.3. The van der Waals surface area contributed by atoms with E-state index < -0.39 is 0 Å². The van der Waals surface area contributed by atoms with Crippen molar-refractivity contribution >= 4 is 17.2 Å². The maximum absolute atomic E-state index is 10.9. The molecule has 0 saturated heterocycles. The van der Waals surface area contributed by atoms with E-state index in [4.69, 9.17) is 4.99 Å². The van der Waals surface area contributed by atoms with E-state index in [0.29, 0.717) is 17.8 Å². The SMILES string of the molecule is Cc1cc([N+](=O)[O-])ccc1N=C(CC(C)C)N(CC(C)C)CC(C)C. The molecule has 1 aromatic carbocycles. The van der Waals surface area contributed by atoms with Gasteiger partial charge in [0, 0.05) is 31.6 Å². The van der Waals surface area contributed by atoms with Gasteiger partial charge in [0.05, 0.1) is 10.6 Å². The van der Waals surface area contributed by atoms with Gasteiger partial charge in [-0.3, -0.25) is 10.1 Å². The molecule has 0 heterocycles. The van der Waals surface area contributed by atoms with Crippen molar-refractivity contribution in [1.29, 1.82) is 0 Å². The molecule has 5 nitrogen and oxygen atoms in total. The minimum Gasteiger partial charge on any atom is -0.360 e. The third kappa shape index (κ3) is 7.24. The van der Waals surface area contributed by atoms with E-state index in [9.17, 15) is 10.1 Å². The second-order valence-electron chi connectivity index (χ2n) is 8.05. The van der Waals surface area contributed by atoms with Crippen molar-refractivity contribution in [2.75, 3.05) is 13.1 Å². The molecule has 1 rings (SSSR count). The number of benzene rings is 1. The molecule has 0 radical (unpaired) electrons. The molecule has 1 aromatic rings. The highest BCUT2D eigenvalue weighted by atomic mass is 16.6. The third-order valence-corrected chi connectivity index (χ3v) is 3.77. The average Bonchev–Trinajstić information content (AvgIpc) is 2.46. The number of aryl methyl sites for hydroxylation is 1. The summed E-state index contributed by atoms with van der Waals surface area (Å²) in [4.78, 5) is 17.9. The van der Waals surface area contributed by atoms with Crippen LogP contribution >= 0.6 is 0 Å². The Morgan fingerprint density at radius 2 is 1.64 bits per heavy atom. The molecule has 0 aliphatic rings. The van der Waals surface area contributed by atoms with Gasteiger partial charge in [-0.1, -0.05) is 41.5 Å². The van der Waals surface area contributed by atoms with E-state index in [1.165, 1.54) is 6.07 Å². The van der Waals surface area contributed by atoms with Crippen LogP contribution in [0.25, 0.3) is 0 Å². The van der Waals surface area contributed by atoms with E-state index >= 15 is 0 Å². The number of aliphatic imine (C=N–C) groups is 1. The molecule has 0 bridgehead atoms. The van der Waals surface area contributed by atoms with Crippen molar-refractivity contribution in [2.24, 2.45) is 22.7 Å². The Bertz CT molecular complexity index is 597. The van der Waals surface area contributed by atoms with Gasteiger partial charge in [-0.2, -0.15) is 0 Å². The fraction of sp³-hybridized carbons (Fsp3) is 0.650. The van der Waals surface area contributed by atoms with Crippen LogP contribution in [0.2, 0.25) is 0 Å². The molecule has 5 heteroatoms. The van der Waals surface area contributed by atoms with Crippen LogP contribution in [0.3, 0.4) is 0 Å². The van der Waals surface area contributed by atoms with Crippen LogP contribution in [0, 0.1) is 34.8 Å². The van der Waals surface area contributed by atoms with E-state index in [-0.39, 0.29) is 10.6 Å². The predicted octanol–water partition coefficient (Wildman–Crippen LogP) is 5.59. The maximum Gasteiger partial charge on any atom is 0.269 e. The number of hydrogen-bond acceptors (Lipinski definition) is 3. The lowest BCUT2D eigenvalue weighted by Gasteiger charge is -2.30. The topological polar surface area (TPSA) is 58.7 Å². The number of amidine groups is 1. The van der Waals surface area contributed by atoms with Gasteiger partial charge in [-0.05, 0) is 36.3 Å². The quantitative estimate of drug-likeness (QED) is 0.266. The Labute approximate surface area is 152 Å². The zero-order valence-corrected chi connectivity index (χ0v) is 16.7. The van der Waals surface area contributed by atoms with Crippen LogP contribution in [0.15, 0.2) is 23.2 Å². The number of nitrogens with zero attached hydrogens (tertiary/aromatic N) is 3. The van der Waals surface area contributed by atoms with Gasteiger partial charge in [-0.15, -0.1) is 0 Å². The highest BCUT2D eigenvalue weighted by Crippen LogP contribution is 2.25. The largest absolute Gasteiger partial charge is 0.360 e. The Hall–Kier alpha value is -1.91. The average molecular weight is 348 g/mol. The number of nitro groups is 1. The standard InChI is InChI=1S/C20H33N3O2/c1-14(2)10-20(22(12-15(3)4)13-16(5)6)21-19-9-8-18(23(24)25)11-17(19)7/h8-9,11,14-16H,10,12-13H2,1-7H3. The number of hydrogen-bond donors (Lipinski definition) is 0. The van der Waals surface area contributed by atoms with Crippen molar-refractivity contribution in [3.63, 3.8) is 0 Å². The van der Waals surface area contributed by atoms with Crippen molar-refractivity contribution < 1.29 is 4.92 Å². The van der Waals surface area contributed by atoms with Gasteiger partial charge in [0.1, 0.15) is 5.84 Å². The zero-order chi connectivity index (χ0) is 19.1. The molecule has 140 valence electrons. The van der Waals surface area contributed by atoms with E-state index in [1.807, 2.05) is 6.92 Å². The molecule has 0 N–H and O–H groups in total. The summed E-state index contributed by atoms with van der Waals surface area (Å²) in [5.41, 5.74) is 1.77. The first-order valence-corrected chi connectivity index (χ1v) is 9.17. The molecule has 0 unspecified atom stereocenters. The van der Waals surface area contributed by atoms with Gasteiger partial charge in [0.25, 0.3) is 5.69 Å². The molecule has 0 aliphatic carbocycles. The first kappa shape index (κ1) is 21.1. The highest BCUT2D eigenvalue weighted by Gasteiger charge is 2.17. The van der Waals surface area contributed by atoms with Gasteiger partial charge >= 0.3 is 0 Å². The lowest BCUT2D eigenvalue weighted by molar-refractivity contribution is -0.384. The second kappa shape index (κ2) is 9.54. The van der Waals surface area contributed by atoms with E-state index in [1.54, 1.807) is 12.1 Å². The van der Waals surface area contributed by atoms with Gasteiger partial charge in [0.2, 0.25) is 0 Å². The number of nitro benzene ring substituents is 1. The molecule has 0 atom stereocenters. The lowest BCUT2D eigenvalue weighted by Crippen LogP contribution is -2.37. The lowest BCUT2D eigenvalue weighted by atomic mass is 10.1. The summed E-state index contributed by atoms with van der Waals surface area (Å²) < 4.78 is 0. The Morgan fingerprint density at radius 1 is 1.08 bits per heavy atom. The van der Waals surface area contributed by atoms with E-state index in [2.05, 4.69) is 46.4 Å². The predicted molar refractivity (Wildman–Crippen MR) is 106 cm³/mol. The molecule has 0 aliphatic heterocycles. The fourth-order valence-electron chi connectivity index (χ4n) is 2.80. The first-order chi connectivity index (χ1) is 11.6. The third-order valence-electron chi connectivity index (χ3n) is 3.77. The Morgan fingerprint density at radius 3 is 2.04 bits per heavy atom. The Kier molecular flexibility index (Phi) is 8.07. The second-order valence-corrected chi connectivity index (χ2v) is 8.05. The molecule has 25 heavy (non-hydrogen) atoms. The van der Waals surface area contributed by atoms with Crippen LogP contribution in [0.5, 0.6) is 0 Å². The summed E-state index contributed by atoms with van der Waals surface area (Å²) in [5.74, 6) is 2.68. The summed E-state index contributed by atoms with van der Waals surface area (Å²) in [5, 5.41) is 10.9. The maximum atomic E-state index is 10.9.